The molecule has 2 heterocycles. The van der Waals surface area contributed by atoms with E-state index in [0.29, 0.717) is 4.88 Å². The van der Waals surface area contributed by atoms with Gasteiger partial charge in [0.2, 0.25) is 0 Å². The second-order valence-electron chi connectivity index (χ2n) is 3.45. The maximum Gasteiger partial charge on any atom is 0.345 e. The highest BCUT2D eigenvalue weighted by Gasteiger charge is 2.11. The SMILES string of the molecule is Cc1sc(C(=O)O)cc1CSc1ccccn1. The molecule has 3 nitrogen and oxygen atoms in total. The monoisotopic (exact) mass is 265 g/mol. The van der Waals surface area contributed by atoms with E-state index >= 15 is 0 Å². The molecule has 0 saturated carbocycles. The lowest BCUT2D eigenvalue weighted by Gasteiger charge is -1.99. The molecule has 1 N–H and O–H groups in total. The van der Waals surface area contributed by atoms with Crippen LogP contribution in [0.15, 0.2) is 35.5 Å². The van der Waals surface area contributed by atoms with Gasteiger partial charge in [0.15, 0.2) is 0 Å². The molecule has 0 fully saturated rings. The van der Waals surface area contributed by atoms with Gasteiger partial charge in [-0.3, -0.25) is 0 Å². The minimum atomic E-state index is -0.854. The van der Waals surface area contributed by atoms with Crippen LogP contribution in [0.25, 0.3) is 0 Å². The van der Waals surface area contributed by atoms with Gasteiger partial charge in [-0.05, 0) is 30.7 Å². The van der Waals surface area contributed by atoms with Crippen LogP contribution in [0.5, 0.6) is 0 Å². The molecular weight excluding hydrogens is 254 g/mol. The summed E-state index contributed by atoms with van der Waals surface area (Å²) >= 11 is 2.94. The first-order valence-corrected chi connectivity index (χ1v) is 6.83. The summed E-state index contributed by atoms with van der Waals surface area (Å²) in [6, 6.07) is 7.52. The summed E-state index contributed by atoms with van der Waals surface area (Å²) in [6.07, 6.45) is 1.76. The largest absolute Gasteiger partial charge is 0.477 e. The fraction of sp³-hybridized carbons (Fsp3) is 0.167. The van der Waals surface area contributed by atoms with Crippen molar-refractivity contribution in [1.29, 1.82) is 0 Å². The minimum absolute atomic E-state index is 0.402. The van der Waals surface area contributed by atoms with Crippen LogP contribution in [-0.4, -0.2) is 16.1 Å². The highest BCUT2D eigenvalue weighted by atomic mass is 32.2. The number of thiophene rings is 1. The van der Waals surface area contributed by atoms with Gasteiger partial charge in [-0.15, -0.1) is 23.1 Å². The average Bonchev–Trinajstić information content (AvgIpc) is 2.70. The van der Waals surface area contributed by atoms with Gasteiger partial charge in [0, 0.05) is 16.8 Å². The van der Waals surface area contributed by atoms with Crippen LogP contribution in [0, 0.1) is 6.92 Å². The van der Waals surface area contributed by atoms with Crippen molar-refractivity contribution < 1.29 is 9.90 Å². The van der Waals surface area contributed by atoms with Crippen LogP contribution in [0.4, 0.5) is 0 Å². The molecule has 0 amide bonds. The summed E-state index contributed by atoms with van der Waals surface area (Å²) < 4.78 is 0. The van der Waals surface area contributed by atoms with Gasteiger partial charge in [0.25, 0.3) is 0 Å². The predicted octanol–water partition coefficient (Wildman–Crippen LogP) is 3.44. The number of hydrogen-bond donors (Lipinski definition) is 1. The van der Waals surface area contributed by atoms with Crippen molar-refractivity contribution in [3.63, 3.8) is 0 Å². The van der Waals surface area contributed by atoms with E-state index in [-0.39, 0.29) is 0 Å². The molecule has 0 aliphatic rings. The standard InChI is InChI=1S/C12H11NO2S2/c1-8-9(6-10(17-8)12(14)15)7-16-11-4-2-3-5-13-11/h2-6H,7H2,1H3,(H,14,15). The third kappa shape index (κ3) is 3.08. The molecule has 2 rings (SSSR count). The van der Waals surface area contributed by atoms with E-state index in [0.717, 1.165) is 21.2 Å². The summed E-state index contributed by atoms with van der Waals surface area (Å²) in [5.74, 6) is -0.0979. The zero-order chi connectivity index (χ0) is 12.3. The number of pyridine rings is 1. The van der Waals surface area contributed by atoms with E-state index in [1.165, 1.54) is 11.3 Å². The van der Waals surface area contributed by atoms with Crippen LogP contribution in [0.3, 0.4) is 0 Å². The van der Waals surface area contributed by atoms with Crippen molar-refractivity contribution in [1.82, 2.24) is 4.98 Å². The smallest absolute Gasteiger partial charge is 0.345 e. The maximum absolute atomic E-state index is 10.8. The van der Waals surface area contributed by atoms with Crippen molar-refractivity contribution in [3.8, 4) is 0 Å². The normalized spacial score (nSPS) is 10.4. The van der Waals surface area contributed by atoms with Crippen molar-refractivity contribution in [2.75, 3.05) is 0 Å². The Morgan fingerprint density at radius 2 is 2.35 bits per heavy atom. The van der Waals surface area contributed by atoms with Crippen LogP contribution in [0.1, 0.15) is 20.1 Å². The molecule has 17 heavy (non-hydrogen) atoms. The van der Waals surface area contributed by atoms with Crippen molar-refractivity contribution in [3.05, 3.63) is 45.8 Å². The molecule has 0 unspecified atom stereocenters. The zero-order valence-electron chi connectivity index (χ0n) is 9.21. The van der Waals surface area contributed by atoms with E-state index in [1.54, 1.807) is 24.0 Å². The Morgan fingerprint density at radius 3 is 2.94 bits per heavy atom. The summed E-state index contributed by atoms with van der Waals surface area (Å²) in [7, 11) is 0. The Kier molecular flexibility index (Phi) is 3.81. The number of carbonyl (C=O) groups is 1. The van der Waals surface area contributed by atoms with Crippen molar-refractivity contribution >= 4 is 29.1 Å². The Morgan fingerprint density at radius 1 is 1.53 bits per heavy atom. The molecule has 2 aromatic heterocycles. The first kappa shape index (κ1) is 12.1. The number of thioether (sulfide) groups is 1. The van der Waals surface area contributed by atoms with Gasteiger partial charge < -0.3 is 5.11 Å². The Balaban J connectivity index is 2.07. The van der Waals surface area contributed by atoms with Gasteiger partial charge in [-0.1, -0.05) is 6.07 Å². The number of rotatable bonds is 4. The van der Waals surface area contributed by atoms with Gasteiger partial charge in [-0.25, -0.2) is 9.78 Å². The molecule has 0 spiro atoms. The highest BCUT2D eigenvalue weighted by molar-refractivity contribution is 7.98. The van der Waals surface area contributed by atoms with Crippen LogP contribution in [0.2, 0.25) is 0 Å². The average molecular weight is 265 g/mol. The van der Waals surface area contributed by atoms with Crippen LogP contribution < -0.4 is 0 Å². The molecule has 0 atom stereocenters. The summed E-state index contributed by atoms with van der Waals surface area (Å²) in [5, 5.41) is 9.85. The van der Waals surface area contributed by atoms with E-state index in [4.69, 9.17) is 5.11 Å². The van der Waals surface area contributed by atoms with Gasteiger partial charge in [0.1, 0.15) is 4.88 Å². The Labute approximate surface area is 108 Å². The number of aryl methyl sites for hydroxylation is 1. The predicted molar refractivity (Wildman–Crippen MR) is 69.8 cm³/mol. The minimum Gasteiger partial charge on any atom is -0.477 e. The summed E-state index contributed by atoms with van der Waals surface area (Å²) in [4.78, 5) is 16.5. The Bertz CT molecular complexity index is 523. The molecule has 2 aromatic rings. The number of aromatic carboxylic acids is 1. The number of hydrogen-bond acceptors (Lipinski definition) is 4. The molecule has 0 radical (unpaired) electrons. The molecule has 0 aliphatic heterocycles. The third-order valence-corrected chi connectivity index (χ3v) is 4.32. The number of aromatic nitrogens is 1. The third-order valence-electron chi connectivity index (χ3n) is 2.24. The summed E-state index contributed by atoms with van der Waals surface area (Å²) in [6.45, 7) is 1.95. The lowest BCUT2D eigenvalue weighted by Crippen LogP contribution is -1.90. The first-order chi connectivity index (χ1) is 8.16. The lowest BCUT2D eigenvalue weighted by molar-refractivity contribution is 0.0702. The topological polar surface area (TPSA) is 50.2 Å². The lowest BCUT2D eigenvalue weighted by atomic mass is 10.3. The van der Waals surface area contributed by atoms with Gasteiger partial charge >= 0.3 is 5.97 Å². The fourth-order valence-electron chi connectivity index (χ4n) is 1.35. The first-order valence-electron chi connectivity index (χ1n) is 5.03. The number of carboxylic acids is 1. The molecule has 0 aliphatic carbocycles. The second-order valence-corrected chi connectivity index (χ2v) is 5.71. The van der Waals surface area contributed by atoms with E-state index in [1.807, 2.05) is 25.1 Å². The Hall–Kier alpha value is -1.33. The number of carboxylic acid groups (broad SMARTS) is 1. The molecule has 88 valence electrons. The molecule has 0 bridgehead atoms. The number of nitrogens with zero attached hydrogens (tertiary/aromatic N) is 1. The second kappa shape index (κ2) is 5.33. The van der Waals surface area contributed by atoms with E-state index in [2.05, 4.69) is 4.98 Å². The molecular formula is C12H11NO2S2. The maximum atomic E-state index is 10.8. The molecule has 5 heteroatoms. The molecule has 0 saturated heterocycles. The van der Waals surface area contributed by atoms with Crippen LogP contribution >= 0.6 is 23.1 Å². The highest BCUT2D eigenvalue weighted by Crippen LogP contribution is 2.27. The van der Waals surface area contributed by atoms with Gasteiger partial charge in [-0.2, -0.15) is 0 Å². The quantitative estimate of drug-likeness (QED) is 0.860. The fourth-order valence-corrected chi connectivity index (χ4v) is 3.24. The van der Waals surface area contributed by atoms with Crippen molar-refractivity contribution in [2.45, 2.75) is 17.7 Å². The van der Waals surface area contributed by atoms with Crippen LogP contribution in [-0.2, 0) is 5.75 Å². The van der Waals surface area contributed by atoms with Crippen molar-refractivity contribution in [2.24, 2.45) is 0 Å². The van der Waals surface area contributed by atoms with E-state index in [9.17, 15) is 4.79 Å². The zero-order valence-corrected chi connectivity index (χ0v) is 10.8. The van der Waals surface area contributed by atoms with E-state index < -0.39 is 5.97 Å². The van der Waals surface area contributed by atoms with Gasteiger partial charge in [0.05, 0.1) is 5.03 Å². The summed E-state index contributed by atoms with van der Waals surface area (Å²) in [5.41, 5.74) is 1.07. The molecule has 0 aromatic carbocycles.